The topological polar surface area (TPSA) is 81.8 Å². The van der Waals surface area contributed by atoms with Crippen molar-refractivity contribution in [2.24, 2.45) is 5.73 Å². The molecule has 0 radical (unpaired) electrons. The van der Waals surface area contributed by atoms with Crippen LogP contribution in [0.15, 0.2) is 12.1 Å². The summed E-state index contributed by atoms with van der Waals surface area (Å²) in [5.74, 6) is 0.226. The number of hydrogen-bond acceptors (Lipinski definition) is 5. The van der Waals surface area contributed by atoms with E-state index < -0.39 is 6.04 Å². The van der Waals surface area contributed by atoms with Crippen molar-refractivity contribution in [1.82, 2.24) is 0 Å². The molecule has 1 aromatic rings. The van der Waals surface area contributed by atoms with Crippen LogP contribution in [-0.4, -0.2) is 31.2 Å². The molecule has 16 heavy (non-hydrogen) atoms. The zero-order valence-corrected chi connectivity index (χ0v) is 9.48. The lowest BCUT2D eigenvalue weighted by Gasteiger charge is -2.12. The number of phenols is 1. The number of rotatable bonds is 4. The Bertz CT molecular complexity index is 401. The number of Topliss-reactive ketones (excluding diaryl/α,β-unsaturated/α-hetero) is 1. The first-order chi connectivity index (χ1) is 7.51. The van der Waals surface area contributed by atoms with Crippen LogP contribution in [0.2, 0.25) is 0 Å². The second kappa shape index (κ2) is 4.85. The van der Waals surface area contributed by atoms with Gasteiger partial charge >= 0.3 is 0 Å². The van der Waals surface area contributed by atoms with Crippen LogP contribution in [0.4, 0.5) is 0 Å². The molecule has 1 aromatic carbocycles. The van der Waals surface area contributed by atoms with Crippen LogP contribution in [0.3, 0.4) is 0 Å². The fourth-order valence-corrected chi connectivity index (χ4v) is 1.31. The smallest absolute Gasteiger partial charge is 0.183 e. The standard InChI is InChI=1S/C11H15NO4/c1-6(12)11(14)7-4-9(15-2)10(16-3)5-8(7)13/h4-6,13H,12H2,1-3H3. The second-order valence-corrected chi connectivity index (χ2v) is 3.38. The molecule has 88 valence electrons. The highest BCUT2D eigenvalue weighted by atomic mass is 16.5. The van der Waals surface area contributed by atoms with E-state index in [4.69, 9.17) is 15.2 Å². The molecule has 1 unspecified atom stereocenters. The molecule has 0 saturated carbocycles. The number of benzene rings is 1. The van der Waals surface area contributed by atoms with Crippen LogP contribution < -0.4 is 15.2 Å². The molecule has 0 spiro atoms. The summed E-state index contributed by atoms with van der Waals surface area (Å²) in [6.45, 7) is 1.55. The number of methoxy groups -OCH3 is 2. The quantitative estimate of drug-likeness (QED) is 0.745. The average Bonchev–Trinajstić information content (AvgIpc) is 2.27. The normalized spacial score (nSPS) is 12.0. The maximum Gasteiger partial charge on any atom is 0.183 e. The van der Waals surface area contributed by atoms with Gasteiger partial charge in [-0.25, -0.2) is 0 Å². The molecule has 0 aromatic heterocycles. The van der Waals surface area contributed by atoms with Crippen molar-refractivity contribution in [2.75, 3.05) is 14.2 Å². The third-order valence-corrected chi connectivity index (χ3v) is 2.18. The van der Waals surface area contributed by atoms with Crippen LogP contribution in [0.25, 0.3) is 0 Å². The van der Waals surface area contributed by atoms with E-state index in [0.717, 1.165) is 0 Å². The summed E-state index contributed by atoms with van der Waals surface area (Å²) < 4.78 is 10.0. The van der Waals surface area contributed by atoms with E-state index >= 15 is 0 Å². The average molecular weight is 225 g/mol. The predicted octanol–water partition coefficient (Wildman–Crippen LogP) is 0.939. The van der Waals surface area contributed by atoms with E-state index in [1.807, 2.05) is 0 Å². The first kappa shape index (κ1) is 12.3. The Balaban J connectivity index is 3.26. The minimum atomic E-state index is -0.677. The molecular formula is C11H15NO4. The number of carbonyl (C=O) groups excluding carboxylic acids is 1. The Labute approximate surface area is 93.8 Å². The SMILES string of the molecule is COc1cc(O)c(C(=O)C(C)N)cc1OC. The highest BCUT2D eigenvalue weighted by Crippen LogP contribution is 2.34. The number of carbonyl (C=O) groups is 1. The van der Waals surface area contributed by atoms with Crippen LogP contribution in [0.1, 0.15) is 17.3 Å². The fraction of sp³-hybridized carbons (Fsp3) is 0.364. The summed E-state index contributed by atoms with van der Waals surface area (Å²) in [5.41, 5.74) is 5.60. The molecule has 0 heterocycles. The Kier molecular flexibility index (Phi) is 3.73. The Morgan fingerprint density at radius 2 is 1.81 bits per heavy atom. The monoisotopic (exact) mass is 225 g/mol. The minimum absolute atomic E-state index is 0.132. The van der Waals surface area contributed by atoms with Crippen LogP contribution in [0, 0.1) is 0 Å². The fourth-order valence-electron chi connectivity index (χ4n) is 1.31. The van der Waals surface area contributed by atoms with Gasteiger partial charge in [0.15, 0.2) is 17.3 Å². The van der Waals surface area contributed by atoms with Crippen LogP contribution in [-0.2, 0) is 0 Å². The maximum atomic E-state index is 11.7. The molecule has 0 fully saturated rings. The van der Waals surface area contributed by atoms with E-state index in [9.17, 15) is 9.90 Å². The van der Waals surface area contributed by atoms with Crippen molar-refractivity contribution in [2.45, 2.75) is 13.0 Å². The van der Waals surface area contributed by atoms with Crippen LogP contribution in [0.5, 0.6) is 17.2 Å². The van der Waals surface area contributed by atoms with Crippen LogP contribution >= 0.6 is 0 Å². The molecule has 0 bridgehead atoms. The summed E-state index contributed by atoms with van der Waals surface area (Å²) in [6.07, 6.45) is 0. The number of nitrogens with two attached hydrogens (primary N) is 1. The van der Waals surface area contributed by atoms with Crippen molar-refractivity contribution >= 4 is 5.78 Å². The molecule has 3 N–H and O–H groups in total. The van der Waals surface area contributed by atoms with Crippen molar-refractivity contribution in [3.05, 3.63) is 17.7 Å². The molecule has 0 aliphatic carbocycles. The summed E-state index contributed by atoms with van der Waals surface area (Å²) in [6, 6.07) is 2.07. The molecular weight excluding hydrogens is 210 g/mol. The highest BCUT2D eigenvalue weighted by molar-refractivity contribution is 6.02. The van der Waals surface area contributed by atoms with Crippen molar-refractivity contribution in [3.63, 3.8) is 0 Å². The molecule has 5 heteroatoms. The highest BCUT2D eigenvalue weighted by Gasteiger charge is 2.18. The molecule has 0 saturated heterocycles. The van der Waals surface area contributed by atoms with E-state index in [2.05, 4.69) is 0 Å². The van der Waals surface area contributed by atoms with Crippen molar-refractivity contribution in [1.29, 1.82) is 0 Å². The summed E-state index contributed by atoms with van der Waals surface area (Å²) in [7, 11) is 2.90. The number of ketones is 1. The number of hydrogen-bond donors (Lipinski definition) is 2. The molecule has 0 aliphatic rings. The lowest BCUT2D eigenvalue weighted by atomic mass is 10.0. The maximum absolute atomic E-state index is 11.7. The van der Waals surface area contributed by atoms with E-state index in [0.29, 0.717) is 11.5 Å². The third kappa shape index (κ3) is 2.25. The van der Waals surface area contributed by atoms with Crippen molar-refractivity contribution < 1.29 is 19.4 Å². The first-order valence-corrected chi connectivity index (χ1v) is 4.76. The van der Waals surface area contributed by atoms with Gasteiger partial charge in [-0.15, -0.1) is 0 Å². The van der Waals surface area contributed by atoms with Gasteiger partial charge in [0.05, 0.1) is 25.8 Å². The van der Waals surface area contributed by atoms with Gasteiger partial charge < -0.3 is 20.3 Å². The van der Waals surface area contributed by atoms with E-state index in [-0.39, 0.29) is 17.1 Å². The van der Waals surface area contributed by atoms with Gasteiger partial charge in [0.25, 0.3) is 0 Å². The van der Waals surface area contributed by atoms with Gasteiger partial charge in [0.1, 0.15) is 5.75 Å². The Hall–Kier alpha value is -1.75. The van der Waals surface area contributed by atoms with Gasteiger partial charge in [-0.3, -0.25) is 4.79 Å². The summed E-state index contributed by atoms with van der Waals surface area (Å²) in [5, 5.41) is 9.65. The lowest BCUT2D eigenvalue weighted by Crippen LogP contribution is -2.26. The van der Waals surface area contributed by atoms with E-state index in [1.165, 1.54) is 26.4 Å². The number of ether oxygens (including phenoxy) is 2. The molecule has 5 nitrogen and oxygen atoms in total. The first-order valence-electron chi connectivity index (χ1n) is 4.76. The van der Waals surface area contributed by atoms with Gasteiger partial charge in [-0.2, -0.15) is 0 Å². The summed E-state index contributed by atoms with van der Waals surface area (Å²) >= 11 is 0. The largest absolute Gasteiger partial charge is 0.507 e. The molecule has 1 rings (SSSR count). The number of aromatic hydroxyl groups is 1. The number of phenolic OH excluding ortho intramolecular Hbond substituents is 1. The van der Waals surface area contributed by atoms with E-state index in [1.54, 1.807) is 6.92 Å². The Morgan fingerprint density at radius 3 is 2.25 bits per heavy atom. The molecule has 1 atom stereocenters. The summed E-state index contributed by atoms with van der Waals surface area (Å²) in [4.78, 5) is 11.7. The second-order valence-electron chi connectivity index (χ2n) is 3.38. The van der Waals surface area contributed by atoms with Gasteiger partial charge in [0, 0.05) is 6.07 Å². The zero-order valence-electron chi connectivity index (χ0n) is 9.48. The predicted molar refractivity (Wildman–Crippen MR) is 59.2 cm³/mol. The van der Waals surface area contributed by atoms with Gasteiger partial charge in [-0.05, 0) is 13.0 Å². The van der Waals surface area contributed by atoms with Crippen molar-refractivity contribution in [3.8, 4) is 17.2 Å². The molecule has 0 aliphatic heterocycles. The Morgan fingerprint density at radius 1 is 1.31 bits per heavy atom. The molecule has 0 amide bonds. The lowest BCUT2D eigenvalue weighted by molar-refractivity contribution is 0.0965. The third-order valence-electron chi connectivity index (χ3n) is 2.18. The zero-order chi connectivity index (χ0) is 12.3. The van der Waals surface area contributed by atoms with Gasteiger partial charge in [-0.1, -0.05) is 0 Å². The van der Waals surface area contributed by atoms with Gasteiger partial charge in [0.2, 0.25) is 0 Å². The minimum Gasteiger partial charge on any atom is -0.507 e.